The van der Waals surface area contributed by atoms with Crippen molar-refractivity contribution in [3.05, 3.63) is 463 Å². The van der Waals surface area contributed by atoms with Crippen LogP contribution in [-0.4, -0.2) is 11.6 Å². The van der Waals surface area contributed by atoms with Crippen LogP contribution in [0.1, 0.15) is 311 Å². The van der Waals surface area contributed by atoms with Gasteiger partial charge in [0.15, 0.2) is 0 Å². The zero-order valence-electron chi connectivity index (χ0n) is 94.0. The maximum absolute atomic E-state index is 2.33. The Morgan fingerprint density at radius 3 is 0.901 bits per heavy atom. The number of hydrogen-bond donors (Lipinski definition) is 0. The SMILES string of the molecule is CC.CC.CC.CC.CC.CC.CC.CC.CC.CC.CC.CC.CC.CC.CN1c2ccccc2Cc2ccccc21.Cc1ccc2c(c1)-c1c(ccc3ccccc13)C2.Cc1ccc2c(c1)Cc1ccc3ccccc3c1-2.Cc1ccc2c(c1)Cc1ccccc1C2.Cc1cccc2c1Cc1ccc3ccccc3c1-2.Cc1cccc2c1Cc1ccccc1C2.Cn1c2ccccc2c2ccccc21. The Morgan fingerprint density at radius 1 is 0.170 bits per heavy atom. The maximum atomic E-state index is 2.33. The summed E-state index contributed by atoms with van der Waals surface area (Å²) in [5, 5.41) is 10.9. The molecule has 141 heavy (non-hydrogen) atoms. The molecule has 2 heterocycles. The van der Waals surface area contributed by atoms with Gasteiger partial charge in [0.25, 0.3) is 0 Å². The van der Waals surface area contributed by atoms with Gasteiger partial charge in [-0.2, -0.15) is 0 Å². The third-order valence-corrected chi connectivity index (χ3v) is 24.4. The molecule has 2 heteroatoms. The number of nitrogens with zero attached hydrogens (tertiary/aromatic N) is 2. The third-order valence-electron chi connectivity index (χ3n) is 24.4. The van der Waals surface area contributed by atoms with Gasteiger partial charge in [0.2, 0.25) is 0 Å². The van der Waals surface area contributed by atoms with Crippen LogP contribution < -0.4 is 4.90 Å². The van der Waals surface area contributed by atoms with Gasteiger partial charge >= 0.3 is 0 Å². The van der Waals surface area contributed by atoms with Crippen LogP contribution in [0.5, 0.6) is 0 Å². The Balaban J connectivity index is 0.000000329. The molecule has 24 rings (SSSR count). The molecule has 6 aliphatic rings. The summed E-state index contributed by atoms with van der Waals surface area (Å²) in [4.78, 5) is 2.27. The van der Waals surface area contributed by atoms with E-state index >= 15 is 0 Å². The zero-order valence-corrected chi connectivity index (χ0v) is 94.0. The summed E-state index contributed by atoms with van der Waals surface area (Å²) in [7, 11) is 4.25. The molecule has 0 unspecified atom stereocenters. The Morgan fingerprint density at radius 2 is 0.447 bits per heavy atom. The van der Waals surface area contributed by atoms with E-state index in [2.05, 4.69) is 404 Å². The fourth-order valence-corrected chi connectivity index (χ4v) is 18.6. The van der Waals surface area contributed by atoms with Gasteiger partial charge < -0.3 is 9.47 Å². The Kier molecular flexibility index (Phi) is 56.3. The predicted octanol–water partition coefficient (Wildman–Crippen LogP) is 42.2. The van der Waals surface area contributed by atoms with E-state index in [0.29, 0.717) is 0 Å². The van der Waals surface area contributed by atoms with E-state index in [0.717, 1.165) is 51.4 Å². The number of benzene rings is 17. The second kappa shape index (κ2) is 65.9. The molecule has 18 aromatic rings. The lowest BCUT2D eigenvalue weighted by atomic mass is 9.84. The van der Waals surface area contributed by atoms with Crippen molar-refractivity contribution in [3.63, 3.8) is 0 Å². The summed E-state index contributed by atoms with van der Waals surface area (Å²) >= 11 is 0. The summed E-state index contributed by atoms with van der Waals surface area (Å²) < 4.78 is 2.24. The van der Waals surface area contributed by atoms with E-state index in [1.807, 2.05) is 194 Å². The van der Waals surface area contributed by atoms with E-state index in [9.17, 15) is 0 Å². The molecule has 17 aromatic carbocycles. The molecule has 0 spiro atoms. The molecule has 5 aliphatic carbocycles. The molecular formula is C139H178N2. The normalized spacial score (nSPS) is 10.7. The van der Waals surface area contributed by atoms with Crippen molar-refractivity contribution in [1.29, 1.82) is 0 Å². The van der Waals surface area contributed by atoms with Crippen LogP contribution in [0.4, 0.5) is 11.4 Å². The standard InChI is InChI=1S/3C18H14.2C15H14.C14H13N.C13H11N.14C2H6/c1-12-5-4-8-16-17(12)11-14-10-9-13-6-2-3-7-15(13)18(14)16;1-12-6-9-17-15(10-12)11-14-8-7-13-4-2-3-5-16(13)18(14)17;1-12-6-7-14-11-15-9-8-13-4-2-3-5-16(13)18(15)17(14)10-12;1-11-5-4-8-14-9-12-6-2-3-7-13(12)10-15(11)14;1-11-6-7-14-9-12-4-2-3-5-13(12)10-15(14)8-11;1-15-13-8-4-2-6-11(13)10-12-7-3-5-9-14(12)15;1-14-12-8-4-2-6-10(12)11-7-3-5-9-13(11)14;14*1-2/h3*2-10H,11H2,1H3;2*2-8H,9-10H2,1H3;2-9H,10H2,1H3;2-9H,1H3;14*1-2H3. The average molecular weight is 1880 g/mol. The summed E-state index contributed by atoms with van der Waals surface area (Å²) in [6.45, 7) is 66.9. The van der Waals surface area contributed by atoms with Crippen LogP contribution in [0, 0.1) is 34.6 Å². The maximum Gasteiger partial charge on any atom is 0.0488 e. The highest BCUT2D eigenvalue weighted by molar-refractivity contribution is 6.08. The topological polar surface area (TPSA) is 8.17 Å². The molecular weight excluding hydrogens is 1700 g/mol. The lowest BCUT2D eigenvalue weighted by Gasteiger charge is -2.29. The molecule has 0 amide bonds. The van der Waals surface area contributed by atoms with Crippen LogP contribution in [0.25, 0.3) is 87.5 Å². The molecule has 0 saturated heterocycles. The van der Waals surface area contributed by atoms with Gasteiger partial charge in [-0.15, -0.1) is 0 Å². The first-order valence-electron chi connectivity index (χ1n) is 54.3. The first-order chi connectivity index (χ1) is 69.4. The fourth-order valence-electron chi connectivity index (χ4n) is 18.6. The van der Waals surface area contributed by atoms with Crippen molar-refractivity contribution in [1.82, 2.24) is 4.57 Å². The molecule has 2 nitrogen and oxygen atoms in total. The first-order valence-corrected chi connectivity index (χ1v) is 54.3. The first kappa shape index (κ1) is 120. The quantitative estimate of drug-likeness (QED) is 0.147. The van der Waals surface area contributed by atoms with Crippen molar-refractivity contribution >= 4 is 65.5 Å². The molecule has 0 fully saturated rings. The molecule has 0 bridgehead atoms. The van der Waals surface area contributed by atoms with Crippen LogP contribution >= 0.6 is 0 Å². The number of aromatic nitrogens is 1. The van der Waals surface area contributed by atoms with E-state index in [4.69, 9.17) is 0 Å². The van der Waals surface area contributed by atoms with E-state index in [-0.39, 0.29) is 0 Å². The Hall–Kier alpha value is -12.9. The van der Waals surface area contributed by atoms with E-state index in [1.165, 1.54) is 216 Å². The minimum atomic E-state index is 1.05. The summed E-state index contributed by atoms with van der Waals surface area (Å²) in [6, 6.07) is 125. The fraction of sp³-hybridized carbons (Fsp3) is 0.309. The summed E-state index contributed by atoms with van der Waals surface area (Å²) in [5.74, 6) is 0. The highest BCUT2D eigenvalue weighted by Crippen LogP contribution is 2.46. The van der Waals surface area contributed by atoms with Crippen LogP contribution in [-0.2, 0) is 58.4 Å². The van der Waals surface area contributed by atoms with Crippen LogP contribution in [0.15, 0.2) is 346 Å². The van der Waals surface area contributed by atoms with Gasteiger partial charge in [-0.25, -0.2) is 0 Å². The minimum absolute atomic E-state index is 1.05. The van der Waals surface area contributed by atoms with Crippen LogP contribution in [0.3, 0.4) is 0 Å². The van der Waals surface area contributed by atoms with Crippen molar-refractivity contribution in [2.75, 3.05) is 11.9 Å². The van der Waals surface area contributed by atoms with Crippen LogP contribution in [0.2, 0.25) is 0 Å². The number of hydrogen-bond acceptors (Lipinski definition) is 1. The van der Waals surface area contributed by atoms with E-state index in [1.54, 1.807) is 0 Å². The molecule has 0 radical (unpaired) electrons. The van der Waals surface area contributed by atoms with Crippen molar-refractivity contribution in [3.8, 4) is 33.4 Å². The smallest absolute Gasteiger partial charge is 0.0488 e. The van der Waals surface area contributed by atoms with Gasteiger partial charge in [0.05, 0.1) is 0 Å². The van der Waals surface area contributed by atoms with E-state index < -0.39 is 0 Å². The summed E-state index contributed by atoms with van der Waals surface area (Å²) in [5.41, 5.74) is 44.5. The van der Waals surface area contributed by atoms with Crippen molar-refractivity contribution < 1.29 is 0 Å². The predicted molar refractivity (Wildman–Crippen MR) is 640 cm³/mol. The molecule has 1 aromatic heterocycles. The Labute approximate surface area is 858 Å². The molecule has 1 aliphatic heterocycles. The van der Waals surface area contributed by atoms with Gasteiger partial charge in [0, 0.05) is 53.7 Å². The molecule has 0 N–H and O–H groups in total. The molecule has 0 atom stereocenters. The lowest BCUT2D eigenvalue weighted by molar-refractivity contribution is 0.986. The van der Waals surface area contributed by atoms with Gasteiger partial charge in [-0.05, 0) is 270 Å². The summed E-state index contributed by atoms with van der Waals surface area (Å²) in [6.07, 6.45) is 8.72. The number of rotatable bonds is 0. The van der Waals surface area contributed by atoms with Gasteiger partial charge in [-0.3, -0.25) is 0 Å². The third kappa shape index (κ3) is 30.3. The average Bonchev–Trinajstić information content (AvgIpc) is 1.61. The monoisotopic (exact) mass is 1880 g/mol. The number of anilines is 2. The Bertz CT molecular complexity index is 6520. The number of fused-ring (bicyclic) bond motifs is 24. The second-order valence-corrected chi connectivity index (χ2v) is 31.7. The van der Waals surface area contributed by atoms with Crippen molar-refractivity contribution in [2.45, 2.75) is 280 Å². The second-order valence-electron chi connectivity index (χ2n) is 31.7. The van der Waals surface area contributed by atoms with Gasteiger partial charge in [-0.1, -0.05) is 532 Å². The molecule has 0 saturated carbocycles. The van der Waals surface area contributed by atoms with Gasteiger partial charge in [0.1, 0.15) is 0 Å². The number of para-hydroxylation sites is 4. The van der Waals surface area contributed by atoms with Crippen molar-refractivity contribution in [2.24, 2.45) is 7.05 Å². The highest BCUT2D eigenvalue weighted by atomic mass is 15.1. The largest absolute Gasteiger partial charge is 0.344 e. The molecule has 744 valence electrons. The lowest BCUT2D eigenvalue weighted by Crippen LogP contribution is -2.18. The minimum Gasteiger partial charge on any atom is -0.344 e. The zero-order chi connectivity index (χ0) is 105. The highest BCUT2D eigenvalue weighted by Gasteiger charge is 2.26. The number of aryl methyl sites for hydroxylation is 6.